The van der Waals surface area contributed by atoms with E-state index in [0.717, 1.165) is 25.9 Å². The van der Waals surface area contributed by atoms with Gasteiger partial charge in [0.05, 0.1) is 10.2 Å². The summed E-state index contributed by atoms with van der Waals surface area (Å²) in [4.78, 5) is 40.6. The number of carbonyl (C=O) groups excluding carboxylic acids is 3. The van der Waals surface area contributed by atoms with Crippen LogP contribution >= 0.6 is 23.1 Å². The number of nitrogens with one attached hydrogen (secondary N) is 4. The molecule has 3 aromatic carbocycles. The molecule has 1 heterocycles. The van der Waals surface area contributed by atoms with E-state index < -0.39 is 17.8 Å². The zero-order valence-corrected chi connectivity index (χ0v) is 19.5. The van der Waals surface area contributed by atoms with Gasteiger partial charge in [0.25, 0.3) is 11.8 Å². The predicted molar refractivity (Wildman–Crippen MR) is 135 cm³/mol. The van der Waals surface area contributed by atoms with Gasteiger partial charge in [-0.1, -0.05) is 54.2 Å². The van der Waals surface area contributed by atoms with Crippen molar-refractivity contribution in [2.75, 3.05) is 11.9 Å². The van der Waals surface area contributed by atoms with E-state index >= 15 is 0 Å². The van der Waals surface area contributed by atoms with Crippen molar-refractivity contribution in [3.63, 3.8) is 0 Å². The predicted octanol–water partition coefficient (Wildman–Crippen LogP) is 4.17. The van der Waals surface area contributed by atoms with Crippen molar-refractivity contribution in [2.45, 2.75) is 10.1 Å². The molecule has 0 atom stereocenters. The van der Waals surface area contributed by atoms with E-state index in [1.165, 1.54) is 0 Å². The van der Waals surface area contributed by atoms with Crippen LogP contribution in [0.2, 0.25) is 0 Å². The number of thiazole rings is 1. The molecule has 0 saturated heterocycles. The molecule has 4 amide bonds. The van der Waals surface area contributed by atoms with E-state index in [9.17, 15) is 14.4 Å². The Hall–Kier alpha value is -3.89. The van der Waals surface area contributed by atoms with E-state index in [1.54, 1.807) is 59.5 Å². The first-order valence-electron chi connectivity index (χ1n) is 10.3. The zero-order chi connectivity index (χ0) is 23.8. The summed E-state index contributed by atoms with van der Waals surface area (Å²) in [5.41, 5.74) is 7.69. The quantitative estimate of drug-likeness (QED) is 0.229. The van der Waals surface area contributed by atoms with Crippen LogP contribution in [0, 0.1) is 0 Å². The van der Waals surface area contributed by atoms with Crippen molar-refractivity contribution in [1.82, 2.24) is 21.2 Å². The molecule has 0 fully saturated rings. The number of para-hydroxylation sites is 2. The molecule has 4 rings (SSSR count). The second kappa shape index (κ2) is 11.3. The lowest BCUT2D eigenvalue weighted by molar-refractivity contribution is -0.120. The molecule has 8 nitrogen and oxygen atoms in total. The lowest BCUT2D eigenvalue weighted by atomic mass is 10.1. The maximum Gasteiger partial charge on any atom is 0.319 e. The van der Waals surface area contributed by atoms with Gasteiger partial charge in [-0.25, -0.2) is 9.78 Å². The van der Waals surface area contributed by atoms with E-state index in [1.807, 2.05) is 36.4 Å². The SMILES string of the molecule is O=C(CNC(=O)Nc1ccccc1)NNC(=O)c1ccc(CSc2nc3ccccc3s2)cc1. The summed E-state index contributed by atoms with van der Waals surface area (Å²) in [6.45, 7) is -0.291. The smallest absolute Gasteiger partial charge is 0.319 e. The number of hydrogen-bond donors (Lipinski definition) is 4. The molecule has 10 heteroatoms. The number of amides is 4. The summed E-state index contributed by atoms with van der Waals surface area (Å²) >= 11 is 3.30. The maximum atomic E-state index is 12.3. The number of urea groups is 1. The summed E-state index contributed by atoms with van der Waals surface area (Å²) in [5.74, 6) is -0.275. The van der Waals surface area contributed by atoms with Crippen LogP contribution < -0.4 is 21.5 Å². The van der Waals surface area contributed by atoms with Crippen LogP contribution in [0.4, 0.5) is 10.5 Å². The number of nitrogens with zero attached hydrogens (tertiary/aromatic N) is 1. The Morgan fingerprint density at radius 3 is 2.35 bits per heavy atom. The Morgan fingerprint density at radius 1 is 0.853 bits per heavy atom. The van der Waals surface area contributed by atoms with Crippen molar-refractivity contribution >= 4 is 56.8 Å². The fourth-order valence-electron chi connectivity index (χ4n) is 2.91. The normalized spacial score (nSPS) is 10.5. The highest BCUT2D eigenvalue weighted by atomic mass is 32.2. The number of hydrogen-bond acceptors (Lipinski definition) is 6. The molecule has 34 heavy (non-hydrogen) atoms. The van der Waals surface area contributed by atoms with Gasteiger partial charge in [-0.2, -0.15) is 0 Å². The third-order valence-corrected chi connectivity index (χ3v) is 6.86. The summed E-state index contributed by atoms with van der Waals surface area (Å²) in [6.07, 6.45) is 0. The molecule has 0 unspecified atom stereocenters. The number of anilines is 1. The Bertz CT molecular complexity index is 1260. The van der Waals surface area contributed by atoms with Gasteiger partial charge in [0, 0.05) is 17.0 Å². The number of benzene rings is 3. The van der Waals surface area contributed by atoms with Gasteiger partial charge >= 0.3 is 6.03 Å². The average molecular weight is 492 g/mol. The zero-order valence-electron chi connectivity index (χ0n) is 17.9. The highest BCUT2D eigenvalue weighted by Gasteiger charge is 2.10. The van der Waals surface area contributed by atoms with E-state index in [-0.39, 0.29) is 6.54 Å². The highest BCUT2D eigenvalue weighted by Crippen LogP contribution is 2.31. The van der Waals surface area contributed by atoms with Crippen molar-refractivity contribution in [1.29, 1.82) is 0 Å². The van der Waals surface area contributed by atoms with Crippen LogP contribution in [0.15, 0.2) is 83.2 Å². The largest absolute Gasteiger partial charge is 0.329 e. The standard InChI is InChI=1S/C24H21N5O3S2/c30-21(14-25-23(32)26-18-6-2-1-3-7-18)28-29-22(31)17-12-10-16(11-13-17)15-33-24-27-19-8-4-5-9-20(19)34-24/h1-13H,14-15H2,(H,28,30)(H,29,31)(H2,25,26,32). The topological polar surface area (TPSA) is 112 Å². The third-order valence-electron chi connectivity index (χ3n) is 4.61. The molecule has 4 aromatic rings. The molecule has 0 radical (unpaired) electrons. The van der Waals surface area contributed by atoms with Crippen LogP contribution in [0.3, 0.4) is 0 Å². The number of aromatic nitrogens is 1. The van der Waals surface area contributed by atoms with Gasteiger partial charge in [-0.05, 0) is 42.0 Å². The van der Waals surface area contributed by atoms with Crippen LogP contribution in [-0.2, 0) is 10.5 Å². The van der Waals surface area contributed by atoms with E-state index in [2.05, 4.69) is 32.5 Å². The van der Waals surface area contributed by atoms with Crippen LogP contribution in [0.5, 0.6) is 0 Å². The second-order valence-corrected chi connectivity index (χ2v) is 9.36. The molecule has 0 saturated carbocycles. The van der Waals surface area contributed by atoms with Gasteiger partial charge in [-0.15, -0.1) is 11.3 Å². The molecule has 0 aliphatic rings. The van der Waals surface area contributed by atoms with Gasteiger partial charge in [0.2, 0.25) is 0 Å². The minimum atomic E-state index is -0.555. The van der Waals surface area contributed by atoms with Crippen molar-refractivity contribution < 1.29 is 14.4 Å². The average Bonchev–Trinajstić information content (AvgIpc) is 3.29. The Morgan fingerprint density at radius 2 is 1.59 bits per heavy atom. The molecule has 4 N–H and O–H groups in total. The van der Waals surface area contributed by atoms with Crippen LogP contribution in [0.25, 0.3) is 10.2 Å². The number of hydrazine groups is 1. The number of thioether (sulfide) groups is 1. The minimum absolute atomic E-state index is 0.291. The monoisotopic (exact) mass is 491 g/mol. The molecular weight excluding hydrogens is 470 g/mol. The fraction of sp³-hybridized carbons (Fsp3) is 0.0833. The summed E-state index contributed by atoms with van der Waals surface area (Å²) < 4.78 is 2.16. The van der Waals surface area contributed by atoms with E-state index in [0.29, 0.717) is 11.3 Å². The lowest BCUT2D eigenvalue weighted by Gasteiger charge is -2.09. The second-order valence-electron chi connectivity index (χ2n) is 7.11. The van der Waals surface area contributed by atoms with Gasteiger partial charge in [0.15, 0.2) is 4.34 Å². The number of carbonyl (C=O) groups is 3. The Kier molecular flexibility index (Phi) is 7.74. The third kappa shape index (κ3) is 6.56. The van der Waals surface area contributed by atoms with Gasteiger partial charge < -0.3 is 10.6 Å². The van der Waals surface area contributed by atoms with Crippen LogP contribution in [0.1, 0.15) is 15.9 Å². The summed E-state index contributed by atoms with van der Waals surface area (Å²) in [7, 11) is 0. The van der Waals surface area contributed by atoms with Gasteiger partial charge in [0.1, 0.15) is 6.54 Å². The molecular formula is C24H21N5O3S2. The lowest BCUT2D eigenvalue weighted by Crippen LogP contribution is -2.47. The summed E-state index contributed by atoms with van der Waals surface area (Å²) in [5, 5.41) is 5.02. The summed E-state index contributed by atoms with van der Waals surface area (Å²) in [6, 6.07) is 23.5. The number of rotatable bonds is 7. The minimum Gasteiger partial charge on any atom is -0.329 e. The molecule has 1 aromatic heterocycles. The maximum absolute atomic E-state index is 12.3. The number of fused-ring (bicyclic) bond motifs is 1. The first-order valence-corrected chi connectivity index (χ1v) is 12.1. The first kappa shape index (κ1) is 23.3. The molecule has 0 aliphatic carbocycles. The Balaban J connectivity index is 1.18. The molecule has 0 aliphatic heterocycles. The van der Waals surface area contributed by atoms with Crippen molar-refractivity contribution in [3.05, 3.63) is 90.0 Å². The molecule has 0 spiro atoms. The van der Waals surface area contributed by atoms with Gasteiger partial charge in [-0.3, -0.25) is 20.4 Å². The molecule has 0 bridgehead atoms. The fourth-order valence-corrected chi connectivity index (χ4v) is 4.93. The molecule has 172 valence electrons. The highest BCUT2D eigenvalue weighted by molar-refractivity contribution is 8.00. The van der Waals surface area contributed by atoms with Crippen LogP contribution in [-0.4, -0.2) is 29.4 Å². The first-order chi connectivity index (χ1) is 16.6. The Labute approximate surface area is 204 Å². The van der Waals surface area contributed by atoms with Crippen molar-refractivity contribution in [3.8, 4) is 0 Å². The van der Waals surface area contributed by atoms with Crippen molar-refractivity contribution in [2.24, 2.45) is 0 Å². The van der Waals surface area contributed by atoms with E-state index in [4.69, 9.17) is 0 Å².